The van der Waals surface area contributed by atoms with Crippen molar-refractivity contribution in [1.82, 2.24) is 5.32 Å². The molecule has 0 radical (unpaired) electrons. The van der Waals surface area contributed by atoms with Crippen LogP contribution in [-0.2, 0) is 0 Å². The normalized spacial score (nSPS) is 11.2. The number of halogens is 1. The summed E-state index contributed by atoms with van der Waals surface area (Å²) in [5.74, 6) is -0.848. The standard InChI is InChI=1S/C11H14ClNO3/c1-11(2,6-12)13-10(16)9-7(14)4-3-5-8(9)15/h3-5,14-15H,6H2,1-2H3,(H,13,16). The Bertz CT molecular complexity index is 384. The van der Waals surface area contributed by atoms with Crippen LogP contribution in [0.3, 0.4) is 0 Å². The molecular weight excluding hydrogens is 230 g/mol. The van der Waals surface area contributed by atoms with Gasteiger partial charge in [0.1, 0.15) is 17.1 Å². The topological polar surface area (TPSA) is 69.6 Å². The molecule has 1 aromatic rings. The lowest BCUT2D eigenvalue weighted by molar-refractivity contribution is 0.0915. The Hall–Kier alpha value is -1.42. The Morgan fingerprint density at radius 1 is 1.38 bits per heavy atom. The summed E-state index contributed by atoms with van der Waals surface area (Å²) in [6.45, 7) is 3.49. The van der Waals surface area contributed by atoms with Gasteiger partial charge in [0, 0.05) is 11.4 Å². The minimum absolute atomic E-state index is 0.138. The fourth-order valence-electron chi connectivity index (χ4n) is 1.16. The SMILES string of the molecule is CC(C)(CCl)NC(=O)c1c(O)cccc1O. The second-order valence-corrected chi connectivity index (χ2v) is 4.41. The molecule has 0 spiro atoms. The van der Waals surface area contributed by atoms with Crippen LogP contribution in [0.25, 0.3) is 0 Å². The zero-order valence-electron chi connectivity index (χ0n) is 9.12. The summed E-state index contributed by atoms with van der Waals surface area (Å²) in [5, 5.41) is 21.6. The maximum atomic E-state index is 11.8. The van der Waals surface area contributed by atoms with Gasteiger partial charge in [-0.2, -0.15) is 0 Å². The van der Waals surface area contributed by atoms with Crippen molar-refractivity contribution in [2.45, 2.75) is 19.4 Å². The highest BCUT2D eigenvalue weighted by Crippen LogP contribution is 2.26. The van der Waals surface area contributed by atoms with Crippen LogP contribution in [-0.4, -0.2) is 27.5 Å². The largest absolute Gasteiger partial charge is 0.507 e. The molecule has 0 aromatic heterocycles. The second kappa shape index (κ2) is 4.61. The second-order valence-electron chi connectivity index (χ2n) is 4.14. The van der Waals surface area contributed by atoms with Crippen molar-refractivity contribution in [2.24, 2.45) is 0 Å². The Kier molecular flexibility index (Phi) is 3.65. The van der Waals surface area contributed by atoms with Gasteiger partial charge in [0.2, 0.25) is 0 Å². The monoisotopic (exact) mass is 243 g/mol. The van der Waals surface area contributed by atoms with Crippen LogP contribution < -0.4 is 5.32 Å². The quantitative estimate of drug-likeness (QED) is 0.710. The smallest absolute Gasteiger partial charge is 0.259 e. The van der Waals surface area contributed by atoms with Crippen molar-refractivity contribution in [1.29, 1.82) is 0 Å². The highest BCUT2D eigenvalue weighted by molar-refractivity contribution is 6.18. The van der Waals surface area contributed by atoms with E-state index in [1.54, 1.807) is 13.8 Å². The first-order valence-corrected chi connectivity index (χ1v) is 5.30. The molecule has 1 amide bonds. The van der Waals surface area contributed by atoms with E-state index in [2.05, 4.69) is 5.32 Å². The molecule has 0 saturated carbocycles. The Balaban J connectivity index is 2.98. The van der Waals surface area contributed by atoms with Crippen molar-refractivity contribution >= 4 is 17.5 Å². The van der Waals surface area contributed by atoms with Crippen molar-refractivity contribution in [3.8, 4) is 11.5 Å². The first kappa shape index (κ1) is 12.6. The van der Waals surface area contributed by atoms with E-state index in [-0.39, 0.29) is 22.9 Å². The molecule has 88 valence electrons. The summed E-state index contributed by atoms with van der Waals surface area (Å²) in [7, 11) is 0. The summed E-state index contributed by atoms with van der Waals surface area (Å²) in [6.07, 6.45) is 0. The van der Waals surface area contributed by atoms with E-state index in [1.165, 1.54) is 18.2 Å². The summed E-state index contributed by atoms with van der Waals surface area (Å²) < 4.78 is 0. The Morgan fingerprint density at radius 3 is 2.31 bits per heavy atom. The predicted molar refractivity (Wildman–Crippen MR) is 62.0 cm³/mol. The number of hydrogen-bond donors (Lipinski definition) is 3. The zero-order chi connectivity index (χ0) is 12.3. The van der Waals surface area contributed by atoms with E-state index >= 15 is 0 Å². The van der Waals surface area contributed by atoms with Gasteiger partial charge in [0.25, 0.3) is 5.91 Å². The van der Waals surface area contributed by atoms with E-state index in [0.29, 0.717) is 0 Å². The molecular formula is C11H14ClNO3. The molecule has 16 heavy (non-hydrogen) atoms. The number of rotatable bonds is 3. The highest BCUT2D eigenvalue weighted by Gasteiger charge is 2.23. The first-order chi connectivity index (χ1) is 7.37. The third-order valence-corrected chi connectivity index (χ3v) is 2.70. The predicted octanol–water partition coefficient (Wildman–Crippen LogP) is 1.85. The molecule has 0 fully saturated rings. The lowest BCUT2D eigenvalue weighted by Gasteiger charge is -2.23. The summed E-state index contributed by atoms with van der Waals surface area (Å²) in [6, 6.07) is 4.12. The molecule has 0 unspecified atom stereocenters. The van der Waals surface area contributed by atoms with Crippen LogP contribution in [0.5, 0.6) is 11.5 Å². The van der Waals surface area contributed by atoms with E-state index in [1.807, 2.05) is 0 Å². The molecule has 5 heteroatoms. The van der Waals surface area contributed by atoms with Crippen LogP contribution in [0.4, 0.5) is 0 Å². The van der Waals surface area contributed by atoms with Gasteiger partial charge in [-0.25, -0.2) is 0 Å². The highest BCUT2D eigenvalue weighted by atomic mass is 35.5. The molecule has 4 nitrogen and oxygen atoms in total. The van der Waals surface area contributed by atoms with Gasteiger partial charge in [0.05, 0.1) is 0 Å². The molecule has 0 saturated heterocycles. The number of carbonyl (C=O) groups is 1. The molecule has 1 rings (SSSR count). The summed E-state index contributed by atoms with van der Waals surface area (Å²) in [4.78, 5) is 11.8. The number of aromatic hydroxyl groups is 2. The maximum absolute atomic E-state index is 11.8. The van der Waals surface area contributed by atoms with Crippen LogP contribution >= 0.6 is 11.6 Å². The van der Waals surface area contributed by atoms with Crippen LogP contribution in [0.15, 0.2) is 18.2 Å². The van der Waals surface area contributed by atoms with Crippen molar-refractivity contribution in [2.75, 3.05) is 5.88 Å². The number of amides is 1. The number of phenols is 2. The van der Waals surface area contributed by atoms with E-state index in [9.17, 15) is 15.0 Å². The number of alkyl halides is 1. The van der Waals surface area contributed by atoms with Gasteiger partial charge < -0.3 is 15.5 Å². The lowest BCUT2D eigenvalue weighted by Crippen LogP contribution is -2.44. The molecule has 0 heterocycles. The third-order valence-electron chi connectivity index (χ3n) is 2.03. The minimum atomic E-state index is -0.604. The van der Waals surface area contributed by atoms with Crippen molar-refractivity contribution in [3.63, 3.8) is 0 Å². The zero-order valence-corrected chi connectivity index (χ0v) is 9.88. The molecule has 3 N–H and O–H groups in total. The van der Waals surface area contributed by atoms with Crippen LogP contribution in [0, 0.1) is 0 Å². The molecule has 0 aliphatic rings. The average Bonchev–Trinajstić information content (AvgIpc) is 2.16. The summed E-state index contributed by atoms with van der Waals surface area (Å²) in [5.41, 5.74) is -0.742. The number of benzene rings is 1. The van der Waals surface area contributed by atoms with Crippen molar-refractivity contribution < 1.29 is 15.0 Å². The maximum Gasteiger partial charge on any atom is 0.259 e. The van der Waals surface area contributed by atoms with Gasteiger partial charge in [-0.15, -0.1) is 11.6 Å². The fraction of sp³-hybridized carbons (Fsp3) is 0.364. The third kappa shape index (κ3) is 2.79. The van der Waals surface area contributed by atoms with E-state index < -0.39 is 11.4 Å². The fourth-order valence-corrected chi connectivity index (χ4v) is 1.23. The minimum Gasteiger partial charge on any atom is -0.507 e. The first-order valence-electron chi connectivity index (χ1n) is 4.77. The molecule has 0 aliphatic carbocycles. The summed E-state index contributed by atoms with van der Waals surface area (Å²) >= 11 is 5.66. The Morgan fingerprint density at radius 2 is 1.88 bits per heavy atom. The molecule has 1 aromatic carbocycles. The van der Waals surface area contributed by atoms with Crippen molar-refractivity contribution in [3.05, 3.63) is 23.8 Å². The Labute approximate surface area is 98.9 Å². The van der Waals surface area contributed by atoms with Gasteiger partial charge in [0.15, 0.2) is 0 Å². The molecule has 0 aliphatic heterocycles. The van der Waals surface area contributed by atoms with Gasteiger partial charge in [-0.3, -0.25) is 4.79 Å². The lowest BCUT2D eigenvalue weighted by atomic mass is 10.1. The van der Waals surface area contributed by atoms with Gasteiger partial charge in [-0.1, -0.05) is 6.07 Å². The number of phenolic OH excluding ortho intramolecular Hbond substituents is 2. The number of carbonyl (C=O) groups excluding carboxylic acids is 1. The van der Waals surface area contributed by atoms with Gasteiger partial charge >= 0.3 is 0 Å². The molecule has 0 bridgehead atoms. The van der Waals surface area contributed by atoms with Gasteiger partial charge in [-0.05, 0) is 26.0 Å². The molecule has 0 atom stereocenters. The van der Waals surface area contributed by atoms with E-state index in [4.69, 9.17) is 11.6 Å². The number of nitrogens with one attached hydrogen (secondary N) is 1. The average molecular weight is 244 g/mol. The van der Waals surface area contributed by atoms with Crippen LogP contribution in [0.2, 0.25) is 0 Å². The van der Waals surface area contributed by atoms with E-state index in [0.717, 1.165) is 0 Å². The number of hydrogen-bond acceptors (Lipinski definition) is 3. The van der Waals surface area contributed by atoms with Crippen LogP contribution in [0.1, 0.15) is 24.2 Å².